The molecule has 1 N–H and O–H groups in total. The summed E-state index contributed by atoms with van der Waals surface area (Å²) >= 11 is 4.91. The van der Waals surface area contributed by atoms with Crippen LogP contribution in [0.25, 0.3) is 0 Å². The minimum Gasteiger partial charge on any atom is -0.480 e. The molecule has 78 valence electrons. The average Bonchev–Trinajstić information content (AvgIpc) is 2.67. The van der Waals surface area contributed by atoms with Crippen molar-refractivity contribution >= 4 is 38.7 Å². The third-order valence-corrected chi connectivity index (χ3v) is 3.81. The largest absolute Gasteiger partial charge is 0.480 e. The highest BCUT2D eigenvalue weighted by Gasteiger charge is 2.25. The van der Waals surface area contributed by atoms with Crippen LogP contribution < -0.4 is 0 Å². The van der Waals surface area contributed by atoms with Crippen molar-refractivity contribution in [3.63, 3.8) is 0 Å². The van der Waals surface area contributed by atoms with Gasteiger partial charge in [0.25, 0.3) is 0 Å². The zero-order valence-electron chi connectivity index (χ0n) is 7.68. The van der Waals surface area contributed by atoms with Gasteiger partial charge in [-0.1, -0.05) is 34.1 Å². The Morgan fingerprint density at radius 1 is 1.53 bits per heavy atom. The van der Waals surface area contributed by atoms with Crippen LogP contribution in [0.4, 0.5) is 0 Å². The van der Waals surface area contributed by atoms with E-state index < -0.39 is 12.0 Å². The molecule has 1 heterocycles. The lowest BCUT2D eigenvalue weighted by Crippen LogP contribution is -2.17. The smallest absolute Gasteiger partial charge is 0.329 e. The van der Waals surface area contributed by atoms with E-state index in [1.165, 1.54) is 11.8 Å². The maximum absolute atomic E-state index is 10.7. The number of nitrogens with zero attached hydrogens (tertiary/aromatic N) is 1. The van der Waals surface area contributed by atoms with E-state index >= 15 is 0 Å². The first-order chi connectivity index (χ1) is 7.18. The highest BCUT2D eigenvalue weighted by molar-refractivity contribution is 9.10. The van der Waals surface area contributed by atoms with Gasteiger partial charge >= 0.3 is 5.97 Å². The lowest BCUT2D eigenvalue weighted by atomic mass is 10.2. The summed E-state index contributed by atoms with van der Waals surface area (Å²) in [6, 6.07) is 7.09. The second kappa shape index (κ2) is 4.37. The van der Waals surface area contributed by atoms with Crippen molar-refractivity contribution in [2.45, 2.75) is 6.04 Å². The molecule has 5 heteroatoms. The van der Waals surface area contributed by atoms with Gasteiger partial charge in [-0.2, -0.15) is 0 Å². The lowest BCUT2D eigenvalue weighted by Gasteiger charge is -2.01. The first kappa shape index (κ1) is 10.7. The van der Waals surface area contributed by atoms with Gasteiger partial charge in [-0.25, -0.2) is 4.79 Å². The minimum atomic E-state index is -0.857. The summed E-state index contributed by atoms with van der Waals surface area (Å²) in [6.45, 7) is 0. The van der Waals surface area contributed by atoms with Crippen LogP contribution in [0.3, 0.4) is 0 Å². The number of aliphatic imine (C=N–C) groups is 1. The van der Waals surface area contributed by atoms with Crippen molar-refractivity contribution in [3.8, 4) is 0 Å². The molecule has 0 fully saturated rings. The number of benzene rings is 1. The number of hydrogen-bond acceptors (Lipinski definition) is 3. The Hall–Kier alpha value is -0.810. The highest BCUT2D eigenvalue weighted by atomic mass is 79.9. The molecule has 0 bridgehead atoms. The number of halogens is 1. The SMILES string of the molecule is O=C(O)C1CSC(c2ccccc2Br)=N1. The van der Waals surface area contributed by atoms with Crippen LogP contribution >= 0.6 is 27.7 Å². The molecule has 0 saturated heterocycles. The molecule has 0 spiro atoms. The molecule has 1 aliphatic heterocycles. The molecule has 0 radical (unpaired) electrons. The summed E-state index contributed by atoms with van der Waals surface area (Å²) in [6.07, 6.45) is 0. The van der Waals surface area contributed by atoms with Gasteiger partial charge in [0.2, 0.25) is 0 Å². The molecule has 15 heavy (non-hydrogen) atoms. The molecule has 3 nitrogen and oxygen atoms in total. The fourth-order valence-corrected chi connectivity index (χ4v) is 2.95. The molecule has 0 aliphatic carbocycles. The number of thioether (sulfide) groups is 1. The van der Waals surface area contributed by atoms with Gasteiger partial charge in [-0.15, -0.1) is 11.8 Å². The van der Waals surface area contributed by atoms with E-state index in [9.17, 15) is 4.79 Å². The second-order valence-electron chi connectivity index (χ2n) is 3.08. The topological polar surface area (TPSA) is 49.7 Å². The molecule has 0 aromatic heterocycles. The van der Waals surface area contributed by atoms with E-state index in [4.69, 9.17) is 5.11 Å². The van der Waals surface area contributed by atoms with Crippen molar-refractivity contribution in [1.82, 2.24) is 0 Å². The van der Waals surface area contributed by atoms with Crippen LogP contribution in [0.5, 0.6) is 0 Å². The van der Waals surface area contributed by atoms with Gasteiger partial charge in [0.15, 0.2) is 6.04 Å². The van der Waals surface area contributed by atoms with Crippen molar-refractivity contribution < 1.29 is 9.90 Å². The van der Waals surface area contributed by atoms with Gasteiger partial charge in [0.1, 0.15) is 0 Å². The Kier molecular flexibility index (Phi) is 3.11. The van der Waals surface area contributed by atoms with E-state index in [0.29, 0.717) is 5.75 Å². The molecule has 2 rings (SSSR count). The predicted molar refractivity (Wildman–Crippen MR) is 64.6 cm³/mol. The van der Waals surface area contributed by atoms with Gasteiger partial charge < -0.3 is 5.11 Å². The molecular formula is C10H8BrNO2S. The number of aliphatic carboxylic acids is 1. The number of hydrogen-bond donors (Lipinski definition) is 1. The summed E-state index contributed by atoms with van der Waals surface area (Å²) < 4.78 is 0.947. The molecule has 1 atom stereocenters. The number of rotatable bonds is 2. The number of carbonyl (C=O) groups is 1. The Morgan fingerprint density at radius 2 is 2.27 bits per heavy atom. The Bertz CT molecular complexity index is 433. The molecular weight excluding hydrogens is 278 g/mol. The maximum Gasteiger partial charge on any atom is 0.329 e. The van der Waals surface area contributed by atoms with Crippen LogP contribution in [0.15, 0.2) is 33.7 Å². The molecule has 1 aromatic carbocycles. The standard InChI is InChI=1S/C10H8BrNO2S/c11-7-4-2-1-3-6(7)9-12-8(5-15-9)10(13)14/h1-4,8H,5H2,(H,13,14). The van der Waals surface area contributed by atoms with Crippen molar-refractivity contribution in [2.24, 2.45) is 4.99 Å². The van der Waals surface area contributed by atoms with Gasteiger partial charge in [-0.3, -0.25) is 4.99 Å². The van der Waals surface area contributed by atoms with E-state index in [0.717, 1.165) is 15.1 Å². The number of carboxylic acid groups (broad SMARTS) is 1. The summed E-state index contributed by atoms with van der Waals surface area (Å²) in [5, 5.41) is 9.62. The number of carboxylic acids is 1. The fourth-order valence-electron chi connectivity index (χ4n) is 1.28. The zero-order chi connectivity index (χ0) is 10.8. The van der Waals surface area contributed by atoms with E-state index in [-0.39, 0.29) is 0 Å². The lowest BCUT2D eigenvalue weighted by molar-refractivity contribution is -0.137. The maximum atomic E-state index is 10.7. The third-order valence-electron chi connectivity index (χ3n) is 2.04. The van der Waals surface area contributed by atoms with E-state index in [2.05, 4.69) is 20.9 Å². The third kappa shape index (κ3) is 2.23. The normalized spacial score (nSPS) is 20.1. The molecule has 1 aromatic rings. The summed E-state index contributed by atoms with van der Waals surface area (Å²) in [5.74, 6) is -0.337. The Labute approximate surface area is 99.7 Å². The Morgan fingerprint density at radius 3 is 2.87 bits per heavy atom. The first-order valence-corrected chi connectivity index (χ1v) is 6.14. The van der Waals surface area contributed by atoms with Crippen molar-refractivity contribution in [3.05, 3.63) is 34.3 Å². The fraction of sp³-hybridized carbons (Fsp3) is 0.200. The summed E-state index contributed by atoms with van der Waals surface area (Å²) in [7, 11) is 0. The molecule has 0 amide bonds. The van der Waals surface area contributed by atoms with Crippen molar-refractivity contribution in [2.75, 3.05) is 5.75 Å². The molecule has 1 aliphatic rings. The predicted octanol–water partition coefficient (Wildman–Crippen LogP) is 2.40. The minimum absolute atomic E-state index is 0.520. The van der Waals surface area contributed by atoms with E-state index in [1.807, 2.05) is 24.3 Å². The second-order valence-corrected chi connectivity index (χ2v) is 4.94. The quantitative estimate of drug-likeness (QED) is 0.908. The van der Waals surface area contributed by atoms with Crippen molar-refractivity contribution in [1.29, 1.82) is 0 Å². The van der Waals surface area contributed by atoms with Gasteiger partial charge in [0.05, 0.1) is 5.04 Å². The highest BCUT2D eigenvalue weighted by Crippen LogP contribution is 2.27. The Balaban J connectivity index is 2.30. The van der Waals surface area contributed by atoms with Crippen LogP contribution in [0.1, 0.15) is 5.56 Å². The molecule has 0 saturated carbocycles. The van der Waals surface area contributed by atoms with Gasteiger partial charge in [-0.05, 0) is 6.07 Å². The van der Waals surface area contributed by atoms with Crippen LogP contribution in [-0.2, 0) is 4.79 Å². The van der Waals surface area contributed by atoms with Crippen LogP contribution in [0.2, 0.25) is 0 Å². The summed E-state index contributed by atoms with van der Waals surface area (Å²) in [5.41, 5.74) is 0.964. The van der Waals surface area contributed by atoms with E-state index in [1.54, 1.807) is 0 Å². The summed E-state index contributed by atoms with van der Waals surface area (Å²) in [4.78, 5) is 14.9. The first-order valence-electron chi connectivity index (χ1n) is 4.37. The average molecular weight is 286 g/mol. The monoisotopic (exact) mass is 285 g/mol. The van der Waals surface area contributed by atoms with Crippen LogP contribution in [-0.4, -0.2) is 27.9 Å². The van der Waals surface area contributed by atoms with Crippen LogP contribution in [0, 0.1) is 0 Å². The van der Waals surface area contributed by atoms with Gasteiger partial charge in [0, 0.05) is 15.8 Å². The molecule has 1 unspecified atom stereocenters. The zero-order valence-corrected chi connectivity index (χ0v) is 10.1.